The van der Waals surface area contributed by atoms with E-state index in [1.807, 2.05) is 19.9 Å². The van der Waals surface area contributed by atoms with Gasteiger partial charge in [0.2, 0.25) is 0 Å². The first-order valence-electron chi connectivity index (χ1n) is 8.31. The van der Waals surface area contributed by atoms with Gasteiger partial charge >= 0.3 is 0 Å². The number of hydrogen-bond acceptors (Lipinski definition) is 0. The van der Waals surface area contributed by atoms with Crippen molar-refractivity contribution in [3.8, 4) is 0 Å². The molecule has 0 aliphatic carbocycles. The van der Waals surface area contributed by atoms with Crippen LogP contribution in [0.4, 0.5) is 0 Å². The highest BCUT2D eigenvalue weighted by Gasteiger charge is 2.13. The molecular weight excluding hydrogens is 276 g/mol. The summed E-state index contributed by atoms with van der Waals surface area (Å²) in [7, 11) is 0. The zero-order chi connectivity index (χ0) is 17.2. The summed E-state index contributed by atoms with van der Waals surface area (Å²) in [5.74, 6) is 0.331. The van der Waals surface area contributed by atoms with Crippen molar-refractivity contribution < 1.29 is 0 Å². The van der Waals surface area contributed by atoms with Gasteiger partial charge < -0.3 is 0 Å². The first-order valence-corrected chi connectivity index (χ1v) is 8.31. The topological polar surface area (TPSA) is 0 Å². The van der Waals surface area contributed by atoms with Crippen molar-refractivity contribution in [2.45, 2.75) is 40.5 Å². The van der Waals surface area contributed by atoms with Crippen LogP contribution in [0.1, 0.15) is 48.9 Å². The van der Waals surface area contributed by atoms with Gasteiger partial charge in [0.25, 0.3) is 0 Å². The van der Waals surface area contributed by atoms with Gasteiger partial charge in [0.1, 0.15) is 0 Å². The summed E-state index contributed by atoms with van der Waals surface area (Å²) in [6.45, 7) is 14.2. The van der Waals surface area contributed by atoms with Gasteiger partial charge in [-0.1, -0.05) is 93.1 Å². The van der Waals surface area contributed by atoms with Crippen LogP contribution in [0.5, 0.6) is 0 Å². The molecule has 0 N–H and O–H groups in total. The minimum Gasteiger partial charge on any atom is -0.129 e. The highest BCUT2D eigenvalue weighted by atomic mass is 14.2. The number of rotatable bonds is 4. The summed E-state index contributed by atoms with van der Waals surface area (Å²) in [4.78, 5) is 0. The highest BCUT2D eigenvalue weighted by molar-refractivity contribution is 5.72. The van der Waals surface area contributed by atoms with Crippen LogP contribution in [0, 0.1) is 13.8 Å². The number of allylic oxidation sites excluding steroid dienone is 3. The molecule has 2 rings (SSSR count). The van der Waals surface area contributed by atoms with Crippen LogP contribution >= 0.6 is 0 Å². The maximum absolute atomic E-state index is 3.66. The second-order valence-corrected chi connectivity index (χ2v) is 5.49. The average Bonchev–Trinajstić information content (AvgIpc) is 2.58. The van der Waals surface area contributed by atoms with Crippen molar-refractivity contribution >= 4 is 5.57 Å². The van der Waals surface area contributed by atoms with Crippen molar-refractivity contribution in [2.24, 2.45) is 0 Å². The Hall–Kier alpha value is -2.30. The van der Waals surface area contributed by atoms with E-state index in [2.05, 4.69) is 87.7 Å². The molecule has 2 aromatic rings. The van der Waals surface area contributed by atoms with Crippen LogP contribution < -0.4 is 0 Å². The van der Waals surface area contributed by atoms with Crippen molar-refractivity contribution in [3.05, 3.63) is 95.2 Å². The van der Waals surface area contributed by atoms with E-state index in [1.165, 1.54) is 27.8 Å². The summed E-state index contributed by atoms with van der Waals surface area (Å²) >= 11 is 0. The van der Waals surface area contributed by atoms with Crippen molar-refractivity contribution in [2.75, 3.05) is 0 Å². The van der Waals surface area contributed by atoms with Crippen LogP contribution in [-0.2, 0) is 0 Å². The molecule has 0 radical (unpaired) electrons. The van der Waals surface area contributed by atoms with Gasteiger partial charge in [0, 0.05) is 5.92 Å². The molecule has 120 valence electrons. The molecule has 0 saturated heterocycles. The quantitative estimate of drug-likeness (QED) is 0.427. The van der Waals surface area contributed by atoms with E-state index in [9.17, 15) is 0 Å². The Kier molecular flexibility index (Phi) is 7.88. The van der Waals surface area contributed by atoms with Crippen LogP contribution in [0.25, 0.3) is 5.57 Å². The minimum atomic E-state index is 0.331. The second kappa shape index (κ2) is 9.66. The summed E-state index contributed by atoms with van der Waals surface area (Å²) in [5.41, 5.74) is 9.29. The van der Waals surface area contributed by atoms with Gasteiger partial charge in [-0.15, -0.1) is 5.73 Å². The van der Waals surface area contributed by atoms with Crippen LogP contribution in [0.15, 0.2) is 73.0 Å². The third kappa shape index (κ3) is 5.43. The molecule has 1 atom stereocenters. The molecule has 0 amide bonds. The maximum atomic E-state index is 3.66. The third-order valence-electron chi connectivity index (χ3n) is 3.77. The fourth-order valence-electron chi connectivity index (χ4n) is 2.50. The van der Waals surface area contributed by atoms with E-state index >= 15 is 0 Å². The fourth-order valence-corrected chi connectivity index (χ4v) is 2.50. The Morgan fingerprint density at radius 1 is 1.00 bits per heavy atom. The first-order chi connectivity index (χ1) is 11.1. The zero-order valence-corrected chi connectivity index (χ0v) is 15.1. The van der Waals surface area contributed by atoms with E-state index in [1.54, 1.807) is 0 Å². The molecule has 23 heavy (non-hydrogen) atoms. The number of aryl methyl sites for hydroxylation is 2. The van der Waals surface area contributed by atoms with E-state index in [-0.39, 0.29) is 0 Å². The molecule has 0 saturated carbocycles. The summed E-state index contributed by atoms with van der Waals surface area (Å²) in [5, 5.41) is 0. The lowest BCUT2D eigenvalue weighted by Crippen LogP contribution is -1.98. The van der Waals surface area contributed by atoms with Crippen LogP contribution in [-0.4, -0.2) is 0 Å². The Morgan fingerprint density at radius 2 is 1.65 bits per heavy atom. The lowest BCUT2D eigenvalue weighted by Gasteiger charge is -2.17. The number of hydrogen-bond donors (Lipinski definition) is 0. The maximum Gasteiger partial charge on any atom is 0.00672 e. The fraction of sp³-hybridized carbons (Fsp3) is 0.261. The monoisotopic (exact) mass is 304 g/mol. The third-order valence-corrected chi connectivity index (χ3v) is 3.77. The van der Waals surface area contributed by atoms with Gasteiger partial charge in [0.05, 0.1) is 0 Å². The second-order valence-electron chi connectivity index (χ2n) is 5.49. The molecule has 0 aliphatic heterocycles. The lowest BCUT2D eigenvalue weighted by atomic mass is 9.87. The molecule has 0 fully saturated rings. The summed E-state index contributed by atoms with van der Waals surface area (Å²) in [6.07, 6.45) is 4.01. The molecule has 0 heteroatoms. The van der Waals surface area contributed by atoms with Crippen molar-refractivity contribution in [1.82, 2.24) is 0 Å². The molecule has 0 aliphatic rings. The molecule has 0 bridgehead atoms. The van der Waals surface area contributed by atoms with E-state index in [4.69, 9.17) is 0 Å². The van der Waals surface area contributed by atoms with Crippen LogP contribution in [0.2, 0.25) is 0 Å². The predicted molar refractivity (Wildman–Crippen MR) is 104 cm³/mol. The van der Waals surface area contributed by atoms with E-state index < -0.39 is 0 Å². The largest absolute Gasteiger partial charge is 0.129 e. The standard InChI is InChI=1S/C21H22.C2H6/c1-5-6-10-21(19-13-11-16(2)12-14-19)18(4)20-9-7-8-17(3)15-20;1-2/h6-15,18H,1H2,2-4H3;1-2H3/b21-10+;. The Labute approximate surface area is 141 Å². The van der Waals surface area contributed by atoms with Crippen molar-refractivity contribution in [3.63, 3.8) is 0 Å². The summed E-state index contributed by atoms with van der Waals surface area (Å²) < 4.78 is 0. The van der Waals surface area contributed by atoms with E-state index in [0.717, 1.165) is 0 Å². The highest BCUT2D eigenvalue weighted by Crippen LogP contribution is 2.32. The van der Waals surface area contributed by atoms with Gasteiger partial charge in [-0.05, 0) is 36.6 Å². The predicted octanol–water partition coefficient (Wildman–Crippen LogP) is 6.86. The Bertz CT molecular complexity index is 680. The molecule has 0 heterocycles. The molecule has 0 spiro atoms. The molecule has 0 nitrogen and oxygen atoms in total. The van der Waals surface area contributed by atoms with Gasteiger partial charge in [-0.3, -0.25) is 0 Å². The Morgan fingerprint density at radius 3 is 2.22 bits per heavy atom. The lowest BCUT2D eigenvalue weighted by molar-refractivity contribution is 0.985. The van der Waals surface area contributed by atoms with Gasteiger partial charge in [-0.25, -0.2) is 0 Å². The number of benzene rings is 2. The van der Waals surface area contributed by atoms with Crippen LogP contribution in [0.3, 0.4) is 0 Å². The smallest absolute Gasteiger partial charge is 0.00672 e. The van der Waals surface area contributed by atoms with Gasteiger partial charge in [-0.2, -0.15) is 0 Å². The Balaban J connectivity index is 0.00000127. The molecular formula is C23H28. The van der Waals surface area contributed by atoms with Crippen molar-refractivity contribution in [1.29, 1.82) is 0 Å². The molecule has 0 aromatic heterocycles. The SMILES string of the molecule is C=C=C/C=C(/c1ccc(C)cc1)C(C)c1cccc(C)c1.CC. The molecule has 1 unspecified atom stereocenters. The minimum absolute atomic E-state index is 0.331. The normalized spacial score (nSPS) is 11.8. The zero-order valence-electron chi connectivity index (χ0n) is 15.1. The summed E-state index contributed by atoms with van der Waals surface area (Å²) in [6, 6.07) is 17.4. The first kappa shape index (κ1) is 18.7. The van der Waals surface area contributed by atoms with Gasteiger partial charge in [0.15, 0.2) is 0 Å². The average molecular weight is 304 g/mol. The molecule has 2 aromatic carbocycles. The van der Waals surface area contributed by atoms with E-state index in [0.29, 0.717) is 5.92 Å².